The molecule has 0 aromatic carbocycles. The highest BCUT2D eigenvalue weighted by atomic mass is 32.2. The molecular weight excluding hydrogens is 276 g/mol. The number of amides is 1. The van der Waals surface area contributed by atoms with Crippen LogP contribution in [0.2, 0.25) is 0 Å². The van der Waals surface area contributed by atoms with Gasteiger partial charge in [0.2, 0.25) is 15.9 Å². The number of thiophene rings is 1. The number of rotatable bonds is 6. The lowest BCUT2D eigenvalue weighted by atomic mass is 10.4. The molecule has 1 amide bonds. The summed E-state index contributed by atoms with van der Waals surface area (Å²) in [6.07, 6.45) is -0.00789. The number of carbonyl (C=O) groups is 1. The highest BCUT2D eigenvalue weighted by molar-refractivity contribution is 7.91. The first-order valence-electron chi connectivity index (χ1n) is 5.29. The summed E-state index contributed by atoms with van der Waals surface area (Å²) in [5.41, 5.74) is 0. The SMILES string of the molecule is CC(C)OCC(=O)NCc1ccc(S(N)(=O)=O)s1. The lowest BCUT2D eigenvalue weighted by Gasteiger charge is -2.07. The Balaban J connectivity index is 2.45. The number of nitrogens with one attached hydrogen (secondary N) is 1. The summed E-state index contributed by atoms with van der Waals surface area (Å²) in [7, 11) is -3.66. The summed E-state index contributed by atoms with van der Waals surface area (Å²) < 4.78 is 27.3. The van der Waals surface area contributed by atoms with Gasteiger partial charge in [-0.05, 0) is 26.0 Å². The summed E-state index contributed by atoms with van der Waals surface area (Å²) in [5, 5.41) is 7.61. The van der Waals surface area contributed by atoms with E-state index in [2.05, 4.69) is 5.32 Å². The van der Waals surface area contributed by atoms with Crippen LogP contribution >= 0.6 is 11.3 Å². The number of nitrogens with two attached hydrogens (primary N) is 1. The number of carbonyl (C=O) groups excluding carboxylic acids is 1. The van der Waals surface area contributed by atoms with Gasteiger partial charge in [-0.15, -0.1) is 11.3 Å². The lowest BCUT2D eigenvalue weighted by molar-refractivity contribution is -0.127. The van der Waals surface area contributed by atoms with Gasteiger partial charge in [0, 0.05) is 4.88 Å². The Morgan fingerprint density at radius 3 is 2.67 bits per heavy atom. The summed E-state index contributed by atoms with van der Waals surface area (Å²) in [4.78, 5) is 12.1. The molecule has 1 rings (SSSR count). The first kappa shape index (κ1) is 15.1. The highest BCUT2D eigenvalue weighted by Gasteiger charge is 2.11. The average molecular weight is 292 g/mol. The third-order valence-electron chi connectivity index (χ3n) is 1.92. The van der Waals surface area contributed by atoms with Gasteiger partial charge in [0.25, 0.3) is 0 Å². The molecule has 0 unspecified atom stereocenters. The van der Waals surface area contributed by atoms with Crippen LogP contribution in [-0.4, -0.2) is 27.0 Å². The number of sulfonamides is 1. The van der Waals surface area contributed by atoms with E-state index in [9.17, 15) is 13.2 Å². The average Bonchev–Trinajstić information content (AvgIpc) is 2.71. The maximum absolute atomic E-state index is 11.4. The van der Waals surface area contributed by atoms with Crippen molar-refractivity contribution in [1.29, 1.82) is 0 Å². The van der Waals surface area contributed by atoms with Crippen molar-refractivity contribution in [2.75, 3.05) is 6.61 Å². The molecule has 18 heavy (non-hydrogen) atoms. The largest absolute Gasteiger partial charge is 0.369 e. The number of primary sulfonamides is 1. The molecule has 0 aliphatic heterocycles. The highest BCUT2D eigenvalue weighted by Crippen LogP contribution is 2.19. The summed E-state index contributed by atoms with van der Waals surface area (Å²) in [5.74, 6) is -0.241. The van der Waals surface area contributed by atoms with Crippen LogP contribution in [-0.2, 0) is 26.1 Å². The Kier molecular flexibility index (Phi) is 5.27. The van der Waals surface area contributed by atoms with Gasteiger partial charge in [0.1, 0.15) is 10.8 Å². The minimum Gasteiger partial charge on any atom is -0.369 e. The Morgan fingerprint density at radius 2 is 2.17 bits per heavy atom. The number of hydrogen-bond donors (Lipinski definition) is 2. The van der Waals surface area contributed by atoms with Crippen molar-refractivity contribution < 1.29 is 17.9 Å². The predicted molar refractivity (Wildman–Crippen MR) is 68.6 cm³/mol. The van der Waals surface area contributed by atoms with Gasteiger partial charge in [0.15, 0.2) is 0 Å². The molecule has 1 heterocycles. The van der Waals surface area contributed by atoms with E-state index in [-0.39, 0.29) is 29.4 Å². The van der Waals surface area contributed by atoms with Crippen LogP contribution in [0.25, 0.3) is 0 Å². The smallest absolute Gasteiger partial charge is 0.247 e. The van der Waals surface area contributed by atoms with Crippen molar-refractivity contribution in [1.82, 2.24) is 5.32 Å². The molecule has 0 radical (unpaired) electrons. The number of ether oxygens (including phenoxy) is 1. The standard InChI is InChI=1S/C10H16N2O4S2/c1-7(2)16-6-9(13)12-5-8-3-4-10(17-8)18(11,14)15/h3-4,7H,5-6H2,1-2H3,(H,12,13)(H2,11,14,15). The second-order valence-corrected chi connectivity index (χ2v) is 6.86. The molecule has 6 nitrogen and oxygen atoms in total. The van der Waals surface area contributed by atoms with Crippen LogP contribution in [0, 0.1) is 0 Å². The molecule has 0 spiro atoms. The minimum atomic E-state index is -3.66. The van der Waals surface area contributed by atoms with Crippen LogP contribution in [0.1, 0.15) is 18.7 Å². The Morgan fingerprint density at radius 1 is 1.50 bits per heavy atom. The van der Waals surface area contributed by atoms with Gasteiger partial charge < -0.3 is 10.1 Å². The molecule has 0 fully saturated rings. The van der Waals surface area contributed by atoms with E-state index >= 15 is 0 Å². The van der Waals surface area contributed by atoms with E-state index in [1.54, 1.807) is 6.07 Å². The van der Waals surface area contributed by atoms with Crippen LogP contribution in [0.5, 0.6) is 0 Å². The van der Waals surface area contributed by atoms with E-state index in [1.165, 1.54) is 6.07 Å². The predicted octanol–water partition coefficient (Wildman–Crippen LogP) is 0.437. The molecule has 0 saturated carbocycles. The Hall–Kier alpha value is -0.960. The van der Waals surface area contributed by atoms with Gasteiger partial charge in [-0.3, -0.25) is 4.79 Å². The molecule has 0 aliphatic carbocycles. The van der Waals surface area contributed by atoms with Crippen molar-refractivity contribution in [3.05, 3.63) is 17.0 Å². The fourth-order valence-corrected chi connectivity index (χ4v) is 2.80. The van der Waals surface area contributed by atoms with Crippen molar-refractivity contribution in [3.63, 3.8) is 0 Å². The monoisotopic (exact) mass is 292 g/mol. The van der Waals surface area contributed by atoms with Crippen molar-refractivity contribution in [2.45, 2.75) is 30.7 Å². The molecule has 0 saturated heterocycles. The van der Waals surface area contributed by atoms with Gasteiger partial charge in [0.05, 0.1) is 12.6 Å². The van der Waals surface area contributed by atoms with E-state index in [1.807, 2.05) is 13.8 Å². The lowest BCUT2D eigenvalue weighted by Crippen LogP contribution is -2.28. The molecule has 102 valence electrons. The second kappa shape index (κ2) is 6.28. The fourth-order valence-electron chi connectivity index (χ4n) is 1.09. The van der Waals surface area contributed by atoms with Gasteiger partial charge >= 0.3 is 0 Å². The Bertz CT molecular complexity index is 508. The molecule has 0 aliphatic rings. The molecule has 1 aromatic heterocycles. The van der Waals surface area contributed by atoms with Gasteiger partial charge in [-0.2, -0.15) is 0 Å². The molecule has 0 bridgehead atoms. The van der Waals surface area contributed by atoms with E-state index in [4.69, 9.17) is 9.88 Å². The van der Waals surface area contributed by atoms with E-state index < -0.39 is 10.0 Å². The third-order valence-corrected chi connectivity index (χ3v) is 4.45. The molecular formula is C10H16N2O4S2. The summed E-state index contributed by atoms with van der Waals surface area (Å²) in [6, 6.07) is 3.04. The molecule has 3 N–H and O–H groups in total. The summed E-state index contributed by atoms with van der Waals surface area (Å²) in [6.45, 7) is 3.93. The van der Waals surface area contributed by atoms with Crippen LogP contribution < -0.4 is 10.5 Å². The molecule has 1 aromatic rings. The van der Waals surface area contributed by atoms with E-state index in [0.717, 1.165) is 16.2 Å². The minimum absolute atomic E-state index is 0.00789. The molecule has 0 atom stereocenters. The topological polar surface area (TPSA) is 98.5 Å². The van der Waals surface area contributed by atoms with Crippen LogP contribution in [0.4, 0.5) is 0 Å². The van der Waals surface area contributed by atoms with Crippen molar-refractivity contribution >= 4 is 27.3 Å². The zero-order valence-electron chi connectivity index (χ0n) is 10.2. The van der Waals surface area contributed by atoms with Crippen molar-refractivity contribution in [3.8, 4) is 0 Å². The first-order valence-corrected chi connectivity index (χ1v) is 7.65. The Labute approximate surface area is 110 Å². The van der Waals surface area contributed by atoms with Crippen molar-refractivity contribution in [2.24, 2.45) is 5.14 Å². The maximum atomic E-state index is 11.4. The first-order chi connectivity index (χ1) is 8.29. The zero-order chi connectivity index (χ0) is 13.8. The zero-order valence-corrected chi connectivity index (χ0v) is 11.8. The number of hydrogen-bond acceptors (Lipinski definition) is 5. The van der Waals surface area contributed by atoms with Crippen LogP contribution in [0.3, 0.4) is 0 Å². The normalized spacial score (nSPS) is 11.8. The van der Waals surface area contributed by atoms with Gasteiger partial charge in [-0.1, -0.05) is 0 Å². The fraction of sp³-hybridized carbons (Fsp3) is 0.500. The van der Waals surface area contributed by atoms with Gasteiger partial charge in [-0.25, -0.2) is 13.6 Å². The maximum Gasteiger partial charge on any atom is 0.247 e. The van der Waals surface area contributed by atoms with Crippen LogP contribution in [0.15, 0.2) is 16.3 Å². The quantitative estimate of drug-likeness (QED) is 0.794. The molecule has 8 heteroatoms. The van der Waals surface area contributed by atoms with E-state index in [0.29, 0.717) is 0 Å². The second-order valence-electron chi connectivity index (χ2n) is 3.90. The third kappa shape index (κ3) is 5.13. The summed E-state index contributed by atoms with van der Waals surface area (Å²) >= 11 is 1.04.